The molecule has 4 aromatic rings. The number of hydrogen-bond acceptors (Lipinski definition) is 6. The first-order chi connectivity index (χ1) is 17.9. The van der Waals surface area contributed by atoms with Crippen LogP contribution in [0.5, 0.6) is 0 Å². The summed E-state index contributed by atoms with van der Waals surface area (Å²) in [6.45, 7) is 7.94. The molecular weight excluding hydrogens is 510 g/mol. The van der Waals surface area contributed by atoms with Gasteiger partial charge in [-0.2, -0.15) is 4.68 Å². The van der Waals surface area contributed by atoms with Crippen molar-refractivity contribution in [3.63, 3.8) is 0 Å². The quantitative estimate of drug-likeness (QED) is 0.356. The molecule has 37 heavy (non-hydrogen) atoms. The number of halogens is 1. The molecule has 0 atom stereocenters. The smallest absolute Gasteiger partial charge is 0.321 e. The summed E-state index contributed by atoms with van der Waals surface area (Å²) in [6, 6.07) is 14.8. The molecule has 3 heterocycles. The number of amides is 2. The Morgan fingerprint density at radius 3 is 2.59 bits per heavy atom. The zero-order chi connectivity index (χ0) is 25.9. The lowest BCUT2D eigenvalue weighted by Crippen LogP contribution is -2.50. The van der Waals surface area contributed by atoms with Crippen LogP contribution < -0.4 is 10.9 Å². The van der Waals surface area contributed by atoms with Crippen molar-refractivity contribution in [2.24, 2.45) is 4.99 Å². The van der Waals surface area contributed by atoms with Crippen LogP contribution in [0, 0.1) is 6.92 Å². The Labute approximate surface area is 223 Å². The average molecular weight is 538 g/mol. The highest BCUT2D eigenvalue weighted by molar-refractivity contribution is 7.20. The van der Waals surface area contributed by atoms with Crippen LogP contribution in [-0.2, 0) is 0 Å². The Morgan fingerprint density at radius 2 is 1.86 bits per heavy atom. The van der Waals surface area contributed by atoms with Crippen molar-refractivity contribution in [1.29, 1.82) is 0 Å². The molecule has 1 fully saturated rings. The number of anilines is 1. The van der Waals surface area contributed by atoms with Crippen molar-refractivity contribution in [2.45, 2.75) is 13.8 Å². The van der Waals surface area contributed by atoms with Gasteiger partial charge in [-0.15, -0.1) is 0 Å². The predicted octanol–water partition coefficient (Wildman–Crippen LogP) is 4.40. The monoisotopic (exact) mass is 537 g/mol. The van der Waals surface area contributed by atoms with E-state index in [2.05, 4.69) is 20.3 Å². The SMILES string of the molecule is CC(=NCCN1CCN(C(=O)Nc2ccc(Cl)cc2)CC1)c1c(C)[nH]n(-c2nc3ccccc3s2)c1=O. The lowest BCUT2D eigenvalue weighted by atomic mass is 10.2. The number of rotatable bonds is 6. The third kappa shape index (κ3) is 5.61. The van der Waals surface area contributed by atoms with Crippen molar-refractivity contribution < 1.29 is 4.79 Å². The van der Waals surface area contributed by atoms with Gasteiger partial charge < -0.3 is 10.2 Å². The van der Waals surface area contributed by atoms with Gasteiger partial charge in [-0.1, -0.05) is 35.1 Å². The highest BCUT2D eigenvalue weighted by Gasteiger charge is 2.21. The van der Waals surface area contributed by atoms with Crippen molar-refractivity contribution in [3.05, 3.63) is 75.2 Å². The van der Waals surface area contributed by atoms with Crippen LogP contribution in [0.3, 0.4) is 0 Å². The van der Waals surface area contributed by atoms with E-state index in [0.717, 1.165) is 41.2 Å². The number of aliphatic imine (C=N–C) groups is 1. The van der Waals surface area contributed by atoms with Crippen LogP contribution >= 0.6 is 22.9 Å². The Balaban J connectivity index is 1.16. The van der Waals surface area contributed by atoms with E-state index in [1.165, 1.54) is 16.0 Å². The van der Waals surface area contributed by atoms with E-state index in [4.69, 9.17) is 16.6 Å². The maximum absolute atomic E-state index is 13.2. The number of fused-ring (bicyclic) bond motifs is 1. The number of H-pyrrole nitrogens is 1. The number of aryl methyl sites for hydroxylation is 1. The number of thiazole rings is 1. The summed E-state index contributed by atoms with van der Waals surface area (Å²) in [7, 11) is 0. The summed E-state index contributed by atoms with van der Waals surface area (Å²) < 4.78 is 2.54. The largest absolute Gasteiger partial charge is 0.322 e. The average Bonchev–Trinajstić information content (AvgIpc) is 3.45. The summed E-state index contributed by atoms with van der Waals surface area (Å²) in [4.78, 5) is 39.1. The lowest BCUT2D eigenvalue weighted by molar-refractivity contribution is 0.150. The van der Waals surface area contributed by atoms with Gasteiger partial charge in [0.05, 0.1) is 22.3 Å². The van der Waals surface area contributed by atoms with Crippen LogP contribution in [0.25, 0.3) is 15.3 Å². The van der Waals surface area contributed by atoms with Gasteiger partial charge in [-0.05, 0) is 50.2 Å². The number of nitrogens with zero attached hydrogens (tertiary/aromatic N) is 5. The maximum atomic E-state index is 13.2. The molecule has 2 aromatic carbocycles. The summed E-state index contributed by atoms with van der Waals surface area (Å²) in [6.07, 6.45) is 0. The van der Waals surface area contributed by atoms with Gasteiger partial charge >= 0.3 is 6.03 Å². The molecule has 1 aliphatic heterocycles. The van der Waals surface area contributed by atoms with E-state index >= 15 is 0 Å². The Morgan fingerprint density at radius 1 is 1.14 bits per heavy atom. The normalized spacial score (nSPS) is 14.9. The number of hydrogen-bond donors (Lipinski definition) is 2. The number of urea groups is 1. The zero-order valence-electron chi connectivity index (χ0n) is 20.7. The molecule has 2 aromatic heterocycles. The number of aromatic amines is 1. The molecule has 0 unspecified atom stereocenters. The van der Waals surface area contributed by atoms with Crippen molar-refractivity contribution in [3.8, 4) is 5.13 Å². The van der Waals surface area contributed by atoms with Crippen molar-refractivity contribution in [2.75, 3.05) is 44.6 Å². The lowest BCUT2D eigenvalue weighted by Gasteiger charge is -2.34. The van der Waals surface area contributed by atoms with Crippen molar-refractivity contribution in [1.82, 2.24) is 24.6 Å². The fraction of sp³-hybridized carbons (Fsp3) is 0.308. The van der Waals surface area contributed by atoms with E-state index in [1.807, 2.05) is 43.0 Å². The zero-order valence-corrected chi connectivity index (χ0v) is 22.3. The highest BCUT2D eigenvalue weighted by atomic mass is 35.5. The molecular formula is C26H28ClN7O2S. The predicted molar refractivity (Wildman–Crippen MR) is 150 cm³/mol. The minimum Gasteiger partial charge on any atom is -0.322 e. The van der Waals surface area contributed by atoms with Gasteiger partial charge in [-0.3, -0.25) is 19.8 Å². The molecule has 0 radical (unpaired) electrons. The van der Waals surface area contributed by atoms with Gasteiger partial charge in [-0.25, -0.2) is 9.78 Å². The molecule has 2 amide bonds. The first-order valence-electron chi connectivity index (χ1n) is 12.1. The molecule has 5 rings (SSSR count). The number of benzene rings is 2. The number of para-hydroxylation sites is 1. The number of nitrogens with one attached hydrogen (secondary N) is 2. The van der Waals surface area contributed by atoms with Gasteiger partial charge in [0, 0.05) is 54.8 Å². The molecule has 2 N–H and O–H groups in total. The van der Waals surface area contributed by atoms with Gasteiger partial charge in [0.25, 0.3) is 5.56 Å². The van der Waals surface area contributed by atoms with Gasteiger partial charge in [0.1, 0.15) is 0 Å². The summed E-state index contributed by atoms with van der Waals surface area (Å²) >= 11 is 7.38. The highest BCUT2D eigenvalue weighted by Crippen LogP contribution is 2.23. The van der Waals surface area contributed by atoms with E-state index in [0.29, 0.717) is 41.1 Å². The molecule has 1 saturated heterocycles. The molecule has 9 nitrogen and oxygen atoms in total. The molecule has 192 valence electrons. The van der Waals surface area contributed by atoms with Crippen molar-refractivity contribution >= 4 is 50.6 Å². The van der Waals surface area contributed by atoms with Crippen LogP contribution in [0.4, 0.5) is 10.5 Å². The van der Waals surface area contributed by atoms with E-state index in [1.54, 1.807) is 24.3 Å². The number of carbonyl (C=O) groups excluding carboxylic acids is 1. The van der Waals surface area contributed by atoms with Gasteiger partial charge in [0.2, 0.25) is 5.13 Å². The molecule has 0 bridgehead atoms. The number of carbonyl (C=O) groups is 1. The van der Waals surface area contributed by atoms with Crippen LogP contribution in [0.1, 0.15) is 18.2 Å². The minimum absolute atomic E-state index is 0.108. The van der Waals surface area contributed by atoms with E-state index in [9.17, 15) is 9.59 Å². The molecule has 0 saturated carbocycles. The summed E-state index contributed by atoms with van der Waals surface area (Å²) in [5.41, 5.74) is 3.52. The third-order valence-electron chi connectivity index (χ3n) is 6.43. The second-order valence-electron chi connectivity index (χ2n) is 8.95. The molecule has 0 aliphatic carbocycles. The van der Waals surface area contributed by atoms with E-state index < -0.39 is 0 Å². The topological polar surface area (TPSA) is 98.6 Å². The molecule has 1 aliphatic rings. The van der Waals surface area contributed by atoms with Crippen LogP contribution in [-0.4, -0.2) is 75.6 Å². The Bertz CT molecular complexity index is 1460. The number of aromatic nitrogens is 3. The van der Waals surface area contributed by atoms with Crippen LogP contribution in [0.15, 0.2) is 58.3 Å². The standard InChI is InChI=1S/C26H28ClN7O2S/c1-17(23-18(2)31-34(24(23)35)26-30-21-5-3-4-6-22(21)37-26)28-11-12-32-13-15-33(16-14-32)25(36)29-20-9-7-19(27)8-10-20/h3-10,31H,11-16H2,1-2H3,(H,29,36). The number of piperazine rings is 1. The van der Waals surface area contributed by atoms with Crippen LogP contribution in [0.2, 0.25) is 5.02 Å². The second kappa shape index (κ2) is 10.9. The first kappa shape index (κ1) is 25.2. The fourth-order valence-electron chi connectivity index (χ4n) is 4.41. The summed E-state index contributed by atoms with van der Waals surface area (Å²) in [5.74, 6) is 0. The fourth-order valence-corrected chi connectivity index (χ4v) is 5.46. The Hall–Kier alpha value is -3.47. The minimum atomic E-state index is -0.141. The first-order valence-corrected chi connectivity index (χ1v) is 13.3. The molecule has 11 heteroatoms. The van der Waals surface area contributed by atoms with E-state index in [-0.39, 0.29) is 11.6 Å². The third-order valence-corrected chi connectivity index (χ3v) is 7.70. The molecule has 0 spiro atoms. The van der Waals surface area contributed by atoms with Gasteiger partial charge in [0.15, 0.2) is 0 Å². The maximum Gasteiger partial charge on any atom is 0.321 e. The second-order valence-corrected chi connectivity index (χ2v) is 10.4. The Kier molecular flexibility index (Phi) is 7.40. The summed E-state index contributed by atoms with van der Waals surface area (Å²) in [5, 5.41) is 7.32.